The van der Waals surface area contributed by atoms with E-state index in [-0.39, 0.29) is 18.8 Å². The number of nitriles is 1. The van der Waals surface area contributed by atoms with E-state index in [9.17, 15) is 9.50 Å². The molecule has 1 N–H and O–H groups in total. The van der Waals surface area contributed by atoms with Gasteiger partial charge < -0.3 is 9.67 Å². The van der Waals surface area contributed by atoms with Crippen LogP contribution in [-0.2, 0) is 13.0 Å². The van der Waals surface area contributed by atoms with Crippen molar-refractivity contribution in [1.29, 1.82) is 5.26 Å². The van der Waals surface area contributed by atoms with Gasteiger partial charge in [-0.1, -0.05) is 18.2 Å². The molecule has 6 heteroatoms. The maximum absolute atomic E-state index is 13.9. The van der Waals surface area contributed by atoms with Gasteiger partial charge >= 0.3 is 0 Å². The molecule has 3 rings (SSSR count). The number of rotatable bonds is 5. The zero-order chi connectivity index (χ0) is 15.8. The van der Waals surface area contributed by atoms with E-state index in [1.807, 2.05) is 6.07 Å². The third-order valence-corrected chi connectivity index (χ3v) is 4.95. The van der Waals surface area contributed by atoms with E-state index in [1.54, 1.807) is 22.8 Å². The first-order chi connectivity index (χ1) is 10.5. The lowest BCUT2D eigenvalue weighted by atomic mass is 9.88. The van der Waals surface area contributed by atoms with Crippen LogP contribution in [0.3, 0.4) is 0 Å². The first-order valence-corrected chi connectivity index (χ1v) is 7.40. The molecule has 1 saturated carbocycles. The molecule has 1 aromatic carbocycles. The fraction of sp³-hybridized carbons (Fsp3) is 0.375. The molecule has 22 heavy (non-hydrogen) atoms. The first-order valence-electron chi connectivity index (χ1n) is 7.02. The van der Waals surface area contributed by atoms with Gasteiger partial charge in [0.15, 0.2) is 0 Å². The molecule has 1 aliphatic carbocycles. The SMILES string of the molecule is N#Cc1cncn1C[C@](O)(Cc1ccccc1F)C1(Cl)CC1. The van der Waals surface area contributed by atoms with Crippen molar-refractivity contribution in [2.24, 2.45) is 0 Å². The van der Waals surface area contributed by atoms with Crippen LogP contribution < -0.4 is 0 Å². The highest BCUT2D eigenvalue weighted by molar-refractivity contribution is 6.26. The monoisotopic (exact) mass is 319 g/mol. The lowest BCUT2D eigenvalue weighted by Gasteiger charge is -2.34. The van der Waals surface area contributed by atoms with Crippen LogP contribution in [0.5, 0.6) is 0 Å². The summed E-state index contributed by atoms with van der Waals surface area (Å²) in [4.78, 5) is 3.13. The Morgan fingerprint density at radius 2 is 2.18 bits per heavy atom. The highest BCUT2D eigenvalue weighted by Gasteiger charge is 2.58. The molecule has 0 aliphatic heterocycles. The first kappa shape index (κ1) is 15.0. The second kappa shape index (κ2) is 5.38. The van der Waals surface area contributed by atoms with Crippen molar-refractivity contribution in [1.82, 2.24) is 9.55 Å². The normalized spacial score (nSPS) is 18.5. The van der Waals surface area contributed by atoms with Gasteiger partial charge in [0.2, 0.25) is 0 Å². The molecular formula is C16H15ClFN3O. The summed E-state index contributed by atoms with van der Waals surface area (Å²) in [5.41, 5.74) is -0.591. The van der Waals surface area contributed by atoms with E-state index in [4.69, 9.17) is 16.9 Å². The van der Waals surface area contributed by atoms with Crippen molar-refractivity contribution in [3.63, 3.8) is 0 Å². The summed E-state index contributed by atoms with van der Waals surface area (Å²) in [6.07, 6.45) is 4.32. The summed E-state index contributed by atoms with van der Waals surface area (Å²) < 4.78 is 15.5. The van der Waals surface area contributed by atoms with Crippen LogP contribution >= 0.6 is 11.6 Å². The van der Waals surface area contributed by atoms with Crippen LogP contribution in [0.2, 0.25) is 0 Å². The van der Waals surface area contributed by atoms with E-state index in [0.717, 1.165) is 0 Å². The fourth-order valence-electron chi connectivity index (χ4n) is 2.71. The Morgan fingerprint density at radius 1 is 1.45 bits per heavy atom. The Hall–Kier alpha value is -1.90. The maximum Gasteiger partial charge on any atom is 0.139 e. The molecule has 114 valence electrons. The van der Waals surface area contributed by atoms with Crippen LogP contribution in [0.1, 0.15) is 24.1 Å². The zero-order valence-electron chi connectivity index (χ0n) is 11.8. The number of alkyl halides is 1. The van der Waals surface area contributed by atoms with Crippen molar-refractivity contribution in [3.05, 3.63) is 53.9 Å². The van der Waals surface area contributed by atoms with Crippen LogP contribution in [0.15, 0.2) is 36.8 Å². The molecule has 0 unspecified atom stereocenters. The molecule has 2 aromatic rings. The largest absolute Gasteiger partial charge is 0.386 e. The number of hydrogen-bond acceptors (Lipinski definition) is 3. The highest BCUT2D eigenvalue weighted by Crippen LogP contribution is 2.53. The van der Waals surface area contributed by atoms with Crippen molar-refractivity contribution in [3.8, 4) is 6.07 Å². The molecule has 1 heterocycles. The Kier molecular flexibility index (Phi) is 3.67. The third-order valence-electron chi connectivity index (χ3n) is 4.22. The number of nitrogens with zero attached hydrogens (tertiary/aromatic N) is 3. The average Bonchev–Trinajstić information content (AvgIpc) is 3.10. The number of aliphatic hydroxyl groups is 1. The van der Waals surface area contributed by atoms with Crippen LogP contribution in [0, 0.1) is 17.1 Å². The van der Waals surface area contributed by atoms with Crippen molar-refractivity contribution >= 4 is 11.6 Å². The van der Waals surface area contributed by atoms with Gasteiger partial charge in [-0.25, -0.2) is 9.37 Å². The average molecular weight is 320 g/mol. The second-order valence-corrected chi connectivity index (χ2v) is 6.51. The molecule has 0 spiro atoms. The van der Waals surface area contributed by atoms with Gasteiger partial charge in [0.25, 0.3) is 0 Å². The highest BCUT2D eigenvalue weighted by atomic mass is 35.5. The molecule has 1 fully saturated rings. The fourth-order valence-corrected chi connectivity index (χ4v) is 2.93. The minimum absolute atomic E-state index is 0.0895. The predicted octanol–water partition coefficient (Wildman–Crippen LogP) is 2.64. The van der Waals surface area contributed by atoms with E-state index in [2.05, 4.69) is 4.98 Å². The topological polar surface area (TPSA) is 61.8 Å². The molecule has 1 atom stereocenters. The van der Waals surface area contributed by atoms with E-state index >= 15 is 0 Å². The number of benzene rings is 1. The van der Waals surface area contributed by atoms with E-state index < -0.39 is 10.5 Å². The quantitative estimate of drug-likeness (QED) is 0.862. The lowest BCUT2D eigenvalue weighted by Crippen LogP contribution is -2.47. The van der Waals surface area contributed by atoms with Gasteiger partial charge in [-0.2, -0.15) is 5.26 Å². The standard InChI is InChI=1S/C16H15ClFN3O/c17-15(5-6-15)16(22,7-12-3-1-2-4-14(12)18)10-21-11-20-9-13(21)8-19/h1-4,9,11,22H,5-7,10H2/t16-/m1/s1. The van der Waals surface area contributed by atoms with Crippen LogP contribution in [-0.4, -0.2) is 25.1 Å². The molecular weight excluding hydrogens is 305 g/mol. The maximum atomic E-state index is 13.9. The molecule has 1 aliphatic rings. The summed E-state index contributed by atoms with van der Waals surface area (Å²) in [5, 5.41) is 20.2. The Bertz CT molecular complexity index is 729. The molecule has 0 saturated heterocycles. The molecule has 4 nitrogen and oxygen atoms in total. The molecule has 0 amide bonds. The van der Waals surface area contributed by atoms with Crippen LogP contribution in [0.25, 0.3) is 0 Å². The number of halogens is 2. The minimum Gasteiger partial charge on any atom is -0.386 e. The van der Waals surface area contributed by atoms with Crippen LogP contribution in [0.4, 0.5) is 4.39 Å². The zero-order valence-corrected chi connectivity index (χ0v) is 12.6. The van der Waals surface area contributed by atoms with Crippen molar-refractivity contribution < 1.29 is 9.50 Å². The molecule has 0 bridgehead atoms. The Balaban J connectivity index is 1.93. The third kappa shape index (κ3) is 2.60. The smallest absolute Gasteiger partial charge is 0.139 e. The van der Waals surface area contributed by atoms with Gasteiger partial charge in [-0.15, -0.1) is 11.6 Å². The second-order valence-electron chi connectivity index (χ2n) is 5.78. The number of aromatic nitrogens is 2. The van der Waals surface area contributed by atoms with E-state index in [1.165, 1.54) is 18.6 Å². The number of imidazole rings is 1. The van der Waals surface area contributed by atoms with E-state index in [0.29, 0.717) is 24.1 Å². The summed E-state index contributed by atoms with van der Waals surface area (Å²) in [7, 11) is 0. The van der Waals surface area contributed by atoms with Crippen molar-refractivity contribution in [2.45, 2.75) is 36.3 Å². The summed E-state index contributed by atoms with van der Waals surface area (Å²) in [5.74, 6) is -0.368. The summed E-state index contributed by atoms with van der Waals surface area (Å²) in [6, 6.07) is 8.35. The van der Waals surface area contributed by atoms with Crippen molar-refractivity contribution in [2.75, 3.05) is 0 Å². The van der Waals surface area contributed by atoms with Gasteiger partial charge in [-0.3, -0.25) is 0 Å². The van der Waals surface area contributed by atoms with Gasteiger partial charge in [0.05, 0.1) is 23.9 Å². The summed E-state index contributed by atoms with van der Waals surface area (Å²) in [6.45, 7) is 0.105. The molecule has 0 radical (unpaired) electrons. The predicted molar refractivity (Wildman–Crippen MR) is 79.8 cm³/mol. The van der Waals surface area contributed by atoms with Gasteiger partial charge in [0.1, 0.15) is 23.2 Å². The van der Waals surface area contributed by atoms with Gasteiger partial charge in [-0.05, 0) is 24.5 Å². The lowest BCUT2D eigenvalue weighted by molar-refractivity contribution is 0.00995. The minimum atomic E-state index is -1.34. The van der Waals surface area contributed by atoms with Gasteiger partial charge in [0, 0.05) is 6.42 Å². The Labute approximate surface area is 132 Å². The molecule has 1 aromatic heterocycles. The summed E-state index contributed by atoms with van der Waals surface area (Å²) >= 11 is 6.48. The Morgan fingerprint density at radius 3 is 2.82 bits per heavy atom. The number of hydrogen-bond donors (Lipinski definition) is 1.